The molecule has 6 nitrogen and oxygen atoms in total. The lowest BCUT2D eigenvalue weighted by atomic mass is 11.1. The Kier molecular flexibility index (Phi) is 2.05. The molecule has 0 atom stereocenters. The molecule has 11 heavy (non-hydrogen) atoms. The molecule has 0 radical (unpaired) electrons. The quantitative estimate of drug-likeness (QED) is 0.535. The first-order chi connectivity index (χ1) is 5.22. The Bertz CT molecular complexity index is 257. The van der Waals surface area contributed by atoms with Gasteiger partial charge in [-0.05, 0) is 0 Å². The molecule has 0 aliphatic carbocycles. The molecule has 0 aliphatic rings. The average Bonchev–Trinajstić information content (AvgIpc) is 2.35. The van der Waals surface area contributed by atoms with Gasteiger partial charge in [0.1, 0.15) is 6.33 Å². The summed E-state index contributed by atoms with van der Waals surface area (Å²) in [5, 5.41) is 3.68. The molecule has 0 saturated carbocycles. The van der Waals surface area contributed by atoms with Crippen LogP contribution in [0.25, 0.3) is 0 Å². The summed E-state index contributed by atoms with van der Waals surface area (Å²) < 4.78 is 10.1. The van der Waals surface area contributed by atoms with E-state index in [1.165, 1.54) is 18.1 Å². The van der Waals surface area contributed by atoms with E-state index in [2.05, 4.69) is 19.6 Å². The van der Waals surface area contributed by atoms with E-state index in [0.29, 0.717) is 0 Å². The van der Waals surface area contributed by atoms with E-state index in [0.717, 1.165) is 0 Å². The van der Waals surface area contributed by atoms with Gasteiger partial charge in [0, 0.05) is 7.05 Å². The topological polar surface area (TPSA) is 66.2 Å². The summed E-state index contributed by atoms with van der Waals surface area (Å²) in [5.41, 5.74) is 0. The predicted molar refractivity (Wildman–Crippen MR) is 34.0 cm³/mol. The summed E-state index contributed by atoms with van der Waals surface area (Å²) in [7, 11) is 2.88. The zero-order valence-corrected chi connectivity index (χ0v) is 6.14. The van der Waals surface area contributed by atoms with Gasteiger partial charge in [0.2, 0.25) is 0 Å². The van der Waals surface area contributed by atoms with E-state index in [9.17, 15) is 4.79 Å². The number of carbonyl (C=O) groups is 1. The molecule has 0 bridgehead atoms. The van der Waals surface area contributed by atoms with Crippen molar-refractivity contribution in [2.75, 3.05) is 7.11 Å². The van der Waals surface area contributed by atoms with Crippen LogP contribution < -0.4 is 4.74 Å². The van der Waals surface area contributed by atoms with E-state index >= 15 is 0 Å². The van der Waals surface area contributed by atoms with Crippen molar-refractivity contribution in [3.05, 3.63) is 6.33 Å². The van der Waals surface area contributed by atoms with E-state index in [4.69, 9.17) is 0 Å². The maximum atomic E-state index is 10.5. The van der Waals surface area contributed by atoms with Crippen LogP contribution in [0.4, 0.5) is 4.79 Å². The third-order valence-electron chi connectivity index (χ3n) is 0.920. The summed E-state index contributed by atoms with van der Waals surface area (Å²) in [6.07, 6.45) is 0.592. The monoisotopic (exact) mass is 157 g/mol. The molecule has 0 amide bonds. The van der Waals surface area contributed by atoms with Gasteiger partial charge in [-0.15, -0.1) is 5.10 Å². The van der Waals surface area contributed by atoms with Crippen LogP contribution in [0.3, 0.4) is 0 Å². The van der Waals surface area contributed by atoms with Crippen molar-refractivity contribution in [1.82, 2.24) is 14.8 Å². The van der Waals surface area contributed by atoms with E-state index in [1.54, 1.807) is 7.05 Å². The lowest BCUT2D eigenvalue weighted by Crippen LogP contribution is -2.08. The zero-order valence-electron chi connectivity index (χ0n) is 6.14. The molecule has 0 fully saturated rings. The predicted octanol–water partition coefficient (Wildman–Crippen LogP) is -0.0397. The molecule has 0 aliphatic heterocycles. The average molecular weight is 157 g/mol. The van der Waals surface area contributed by atoms with Crippen molar-refractivity contribution < 1.29 is 14.3 Å². The van der Waals surface area contributed by atoms with Gasteiger partial charge in [0.25, 0.3) is 0 Å². The van der Waals surface area contributed by atoms with Crippen molar-refractivity contribution in [3.63, 3.8) is 0 Å². The van der Waals surface area contributed by atoms with Gasteiger partial charge < -0.3 is 9.47 Å². The lowest BCUT2D eigenvalue weighted by molar-refractivity contribution is 0.117. The van der Waals surface area contributed by atoms with Crippen LogP contribution in [0.1, 0.15) is 0 Å². The van der Waals surface area contributed by atoms with Crippen LogP contribution in [0.15, 0.2) is 6.33 Å². The lowest BCUT2D eigenvalue weighted by Gasteiger charge is -1.94. The van der Waals surface area contributed by atoms with Crippen molar-refractivity contribution in [3.8, 4) is 6.01 Å². The fraction of sp³-hybridized carbons (Fsp3) is 0.400. The summed E-state index contributed by atoms with van der Waals surface area (Å²) >= 11 is 0. The fourth-order valence-corrected chi connectivity index (χ4v) is 0.482. The molecule has 0 unspecified atom stereocenters. The van der Waals surface area contributed by atoms with Crippen LogP contribution in [-0.4, -0.2) is 28.0 Å². The fourth-order valence-electron chi connectivity index (χ4n) is 0.482. The first kappa shape index (κ1) is 7.52. The molecule has 0 spiro atoms. The van der Waals surface area contributed by atoms with Gasteiger partial charge in [0.05, 0.1) is 7.11 Å². The highest BCUT2D eigenvalue weighted by Gasteiger charge is 2.06. The number of hydrogen-bond acceptors (Lipinski definition) is 5. The smallest absolute Gasteiger partial charge is 0.437 e. The van der Waals surface area contributed by atoms with Gasteiger partial charge in [0.15, 0.2) is 0 Å². The number of carbonyl (C=O) groups excluding carboxylic acids is 1. The molecule has 1 heterocycles. The number of nitrogens with zero attached hydrogens (tertiary/aromatic N) is 3. The highest BCUT2D eigenvalue weighted by molar-refractivity contribution is 5.62. The van der Waals surface area contributed by atoms with Crippen molar-refractivity contribution in [2.45, 2.75) is 0 Å². The van der Waals surface area contributed by atoms with E-state index in [-0.39, 0.29) is 6.01 Å². The number of ether oxygens (including phenoxy) is 2. The SMILES string of the molecule is COC(=O)Oc1ncn(C)n1. The van der Waals surface area contributed by atoms with Crippen LogP contribution in [0.2, 0.25) is 0 Å². The highest BCUT2D eigenvalue weighted by atomic mass is 16.7. The minimum atomic E-state index is -0.823. The third-order valence-corrected chi connectivity index (χ3v) is 0.920. The minimum Gasteiger partial charge on any atom is -0.437 e. The molecule has 0 aromatic carbocycles. The third kappa shape index (κ3) is 1.92. The molecule has 0 saturated heterocycles. The first-order valence-electron chi connectivity index (χ1n) is 2.84. The first-order valence-corrected chi connectivity index (χ1v) is 2.84. The van der Waals surface area contributed by atoms with Gasteiger partial charge in [-0.1, -0.05) is 0 Å². The van der Waals surface area contributed by atoms with Gasteiger partial charge >= 0.3 is 12.2 Å². The maximum absolute atomic E-state index is 10.5. The van der Waals surface area contributed by atoms with Gasteiger partial charge in [-0.2, -0.15) is 4.98 Å². The second-order valence-corrected chi connectivity index (χ2v) is 1.76. The Morgan fingerprint density at radius 2 is 2.45 bits per heavy atom. The molecule has 1 aromatic rings. The van der Waals surface area contributed by atoms with Crippen LogP contribution >= 0.6 is 0 Å². The number of rotatable bonds is 1. The Hall–Kier alpha value is -1.59. The molecule has 6 heteroatoms. The number of aromatic nitrogens is 3. The summed E-state index contributed by atoms with van der Waals surface area (Å²) in [6.45, 7) is 0. The number of methoxy groups -OCH3 is 1. The molecule has 1 rings (SSSR count). The summed E-state index contributed by atoms with van der Waals surface area (Å²) in [6, 6.07) is -0.0145. The van der Waals surface area contributed by atoms with Crippen LogP contribution in [0, 0.1) is 0 Å². The Balaban J connectivity index is 2.57. The van der Waals surface area contributed by atoms with Crippen molar-refractivity contribution in [1.29, 1.82) is 0 Å². The Labute approximate surface area is 62.7 Å². The van der Waals surface area contributed by atoms with Crippen LogP contribution in [-0.2, 0) is 11.8 Å². The second-order valence-electron chi connectivity index (χ2n) is 1.76. The largest absolute Gasteiger partial charge is 0.516 e. The Morgan fingerprint density at radius 3 is 2.91 bits per heavy atom. The summed E-state index contributed by atoms with van der Waals surface area (Å²) in [5.74, 6) is 0. The molecular formula is C5H7N3O3. The maximum Gasteiger partial charge on any atom is 0.516 e. The zero-order chi connectivity index (χ0) is 8.27. The molecule has 0 N–H and O–H groups in total. The second kappa shape index (κ2) is 3.00. The van der Waals surface area contributed by atoms with E-state index < -0.39 is 6.16 Å². The number of aryl methyl sites for hydroxylation is 1. The minimum absolute atomic E-state index is 0.0145. The Morgan fingerprint density at radius 1 is 1.73 bits per heavy atom. The van der Waals surface area contributed by atoms with Crippen molar-refractivity contribution >= 4 is 6.16 Å². The standard InChI is InChI=1S/C5H7N3O3/c1-8-3-6-4(7-8)11-5(9)10-2/h3H,1-2H3. The van der Waals surface area contributed by atoms with Crippen molar-refractivity contribution in [2.24, 2.45) is 7.05 Å². The number of hydrogen-bond donors (Lipinski definition) is 0. The highest BCUT2D eigenvalue weighted by Crippen LogP contribution is 1.98. The van der Waals surface area contributed by atoms with Crippen LogP contribution in [0.5, 0.6) is 6.01 Å². The molecule has 60 valence electrons. The molecular weight excluding hydrogens is 150 g/mol. The summed E-state index contributed by atoms with van der Waals surface area (Å²) in [4.78, 5) is 14.1. The van der Waals surface area contributed by atoms with E-state index in [1.807, 2.05) is 0 Å². The van der Waals surface area contributed by atoms with Gasteiger partial charge in [-0.3, -0.25) is 4.68 Å². The van der Waals surface area contributed by atoms with Gasteiger partial charge in [-0.25, -0.2) is 4.79 Å². The normalized spacial score (nSPS) is 9.27. The molecule has 1 aromatic heterocycles.